The second-order valence-electron chi connectivity index (χ2n) is 18.5. The lowest BCUT2D eigenvalue weighted by molar-refractivity contribution is -0.116. The van der Waals surface area contributed by atoms with E-state index in [1.807, 2.05) is 0 Å². The van der Waals surface area contributed by atoms with Gasteiger partial charge in [-0.15, -0.1) is 20.4 Å². The van der Waals surface area contributed by atoms with Crippen LogP contribution in [-0.4, -0.2) is 254 Å². The summed E-state index contributed by atoms with van der Waals surface area (Å²) in [5.41, 5.74) is 1.56. The van der Waals surface area contributed by atoms with Crippen LogP contribution in [0.1, 0.15) is 92.0 Å². The number of H-pyrrole nitrogens is 8. The summed E-state index contributed by atoms with van der Waals surface area (Å²) in [6.07, 6.45) is 3.58. The van der Waals surface area contributed by atoms with Crippen LogP contribution in [0, 0.1) is 0 Å². The average molecular weight is 1360 g/mol. The molecule has 0 bridgehead atoms. The van der Waals surface area contributed by atoms with Gasteiger partial charge in [-0.1, -0.05) is 26.5 Å². The first-order chi connectivity index (χ1) is 46.9. The minimum atomic E-state index is -3.94. The summed E-state index contributed by atoms with van der Waals surface area (Å²) in [6.45, 7) is 0.832. The molecule has 50 nitrogen and oxygen atoms in total. The van der Waals surface area contributed by atoms with Crippen LogP contribution >= 0.6 is 0 Å². The molecule has 1 unspecified atom stereocenters. The van der Waals surface area contributed by atoms with Crippen LogP contribution in [0.2, 0.25) is 0 Å². The van der Waals surface area contributed by atoms with Crippen LogP contribution in [0.4, 0.5) is 34.5 Å². The van der Waals surface area contributed by atoms with E-state index in [0.29, 0.717) is 49.1 Å². The highest BCUT2D eigenvalue weighted by Gasteiger charge is 2.24. The van der Waals surface area contributed by atoms with Gasteiger partial charge in [-0.05, 0) is 88.3 Å². The number of carboxylic acids is 1. The van der Waals surface area contributed by atoms with Gasteiger partial charge in [0.15, 0.2) is 21.2 Å². The van der Waals surface area contributed by atoms with Gasteiger partial charge >= 0.3 is 12.0 Å². The molecule has 0 aliphatic heterocycles. The van der Waals surface area contributed by atoms with E-state index in [9.17, 15) is 61.8 Å². The van der Waals surface area contributed by atoms with E-state index in [1.165, 1.54) is 49.1 Å². The summed E-state index contributed by atoms with van der Waals surface area (Å²) in [6, 6.07) is 13.4. The number of anilines is 5. The number of fused-ring (bicyclic) bond motifs is 1. The summed E-state index contributed by atoms with van der Waals surface area (Å²) >= 11 is 0. The molecule has 11 rings (SSSR count). The summed E-state index contributed by atoms with van der Waals surface area (Å²) in [5, 5.41) is 127. The Hall–Kier alpha value is -14.3. The van der Waals surface area contributed by atoms with Crippen LogP contribution in [0.3, 0.4) is 0 Å². The van der Waals surface area contributed by atoms with Crippen molar-refractivity contribution < 1.29 is 61.8 Å². The zero-order valence-corrected chi connectivity index (χ0v) is 49.8. The number of carbonyl (C=O) groups is 9. The first-order valence-corrected chi connectivity index (χ1v) is 28.9. The molecule has 0 spiro atoms. The number of hydrogen-bond acceptors (Lipinski definition) is 32. The number of aliphatic hydroxyl groups excluding tert-OH is 1. The standard InChI is InChI=1S/C14H15N9O5S.C12H14N10O2.C12H9N9O4.C8H11N9O2/c24-9(5-15-13(26)11-6-16-21-18-11)7-29(27,28)10-3-1-2-8(4-10)12(25)17-14-19-22-23-20-14;23-10(7-2-3-8-9(6-7)17-20-16-8)13-4-1-5-14-12(24)15-11-18-21-22-19-11;22-8(15-12-18-20-21-19-12)5-1-2-6(7(3-5)10(24)25)9(23)16-11-13-4-14-17-11;18-6(11-8-13-16-17-14-8)2-1-3-9-7(19)5-4-10-15-12-5/h1-4,6,9,24H,5,7H2,(H,15,26)(H,16,18,21)(H2,17,19,20,22,23,25);2-3,6H,1,4-5H2,(H,13,23)(H,16,17,20)(H3,14,15,18,19,21,22,24);1-4H,(H,24,25)(H2,13,14,16,17,23)(H2,15,18,19,20,21,22);4H,1-3H2,(H,9,19)(H,10,12,15)(H2,11,13,14,16,17,18). The van der Waals surface area contributed by atoms with Crippen molar-refractivity contribution in [1.29, 1.82) is 0 Å². The van der Waals surface area contributed by atoms with Gasteiger partial charge < -0.3 is 31.5 Å². The first-order valence-electron chi connectivity index (χ1n) is 27.2. The zero-order chi connectivity index (χ0) is 68.9. The number of aliphatic hydroxyl groups is 1. The van der Waals surface area contributed by atoms with E-state index >= 15 is 0 Å². The van der Waals surface area contributed by atoms with Crippen molar-refractivity contribution in [3.63, 3.8) is 0 Å². The third-order valence-electron chi connectivity index (χ3n) is 11.7. The van der Waals surface area contributed by atoms with Crippen LogP contribution in [0.5, 0.6) is 0 Å². The van der Waals surface area contributed by atoms with Gasteiger partial charge in [-0.3, -0.25) is 60.1 Å². The number of benzene rings is 3. The van der Waals surface area contributed by atoms with E-state index in [0.717, 1.165) is 12.1 Å². The first kappa shape index (κ1) is 68.6. The Bertz CT molecular complexity index is 4470. The van der Waals surface area contributed by atoms with E-state index in [-0.39, 0.29) is 99.0 Å². The number of aromatic amines is 8. The normalized spacial score (nSPS) is 10.9. The second-order valence-corrected chi connectivity index (χ2v) is 20.5. The van der Waals surface area contributed by atoms with Crippen molar-refractivity contribution in [3.05, 3.63) is 119 Å². The molecule has 0 radical (unpaired) electrons. The zero-order valence-electron chi connectivity index (χ0n) is 49.0. The Kier molecular flexibility index (Phi) is 24.2. The Labute approximate surface area is 536 Å². The molecule has 11 aromatic rings. The van der Waals surface area contributed by atoms with Gasteiger partial charge in [-0.25, -0.2) is 23.1 Å². The predicted octanol–water partition coefficient (Wildman–Crippen LogP) is -4.47. The van der Waals surface area contributed by atoms with Crippen molar-refractivity contribution in [3.8, 4) is 0 Å². The number of aromatic nitrogens is 28. The average Bonchev–Trinajstić information content (AvgIpc) is 1.86. The molecule has 0 aliphatic carbocycles. The fourth-order valence-corrected chi connectivity index (χ4v) is 8.73. The number of carbonyl (C=O) groups excluding carboxylic acids is 8. The molecular formula is C46H49N37O13S. The number of tetrazole rings is 4. The van der Waals surface area contributed by atoms with Crippen molar-refractivity contribution in [1.82, 2.24) is 165 Å². The number of urea groups is 1. The van der Waals surface area contributed by atoms with E-state index in [2.05, 4.69) is 192 Å². The summed E-state index contributed by atoms with van der Waals surface area (Å²) in [4.78, 5) is 109. The number of hydrogen-bond donors (Lipinski definition) is 19. The summed E-state index contributed by atoms with van der Waals surface area (Å²) in [7, 11) is -3.94. The molecule has 0 fully saturated rings. The Morgan fingerprint density at radius 2 is 1.04 bits per heavy atom. The SMILES string of the molecule is O=C(CCCNC(=O)c1cn[nH]n1)Nc1nn[nH]n1.O=C(NCCCNC(=O)c1ccc2n[nH]nc2c1)Nc1nn[nH]n1.O=C(Nc1nn[nH]n1)c1ccc(C(=O)Nc2ncn[nH]2)c(C(=O)O)c1.O=C(Nc1nn[nH]n1)c1cccc(S(=O)(=O)CC(O)CNC(=O)c2cn[nH]n2)c1. The van der Waals surface area contributed by atoms with Crippen molar-refractivity contribution in [2.24, 2.45) is 0 Å². The number of amides is 9. The van der Waals surface area contributed by atoms with Gasteiger partial charge in [0.1, 0.15) is 17.4 Å². The molecule has 19 N–H and O–H groups in total. The Morgan fingerprint density at radius 1 is 0.485 bits per heavy atom. The van der Waals surface area contributed by atoms with Gasteiger partial charge in [0.2, 0.25) is 11.9 Å². The van der Waals surface area contributed by atoms with Crippen molar-refractivity contribution in [2.45, 2.75) is 30.3 Å². The van der Waals surface area contributed by atoms with Crippen LogP contribution in [-0.2, 0) is 14.6 Å². The topological polar surface area (TPSA) is 721 Å². The summed E-state index contributed by atoms with van der Waals surface area (Å²) in [5.74, 6) is -5.36. The predicted molar refractivity (Wildman–Crippen MR) is 318 cm³/mol. The number of rotatable bonds is 25. The molecule has 8 aromatic heterocycles. The number of carboxylic acid groups (broad SMARTS) is 1. The molecule has 0 aliphatic rings. The molecule has 51 heteroatoms. The fraction of sp³-hybridized carbons (Fsp3) is 0.196. The molecule has 0 saturated carbocycles. The van der Waals surface area contributed by atoms with Crippen LogP contribution in [0.15, 0.2) is 84.3 Å². The second kappa shape index (κ2) is 34.2. The number of aromatic carboxylic acids is 1. The highest BCUT2D eigenvalue weighted by Crippen LogP contribution is 2.18. The number of sulfone groups is 1. The molecular weight excluding hydrogens is 1310 g/mol. The fourth-order valence-electron chi connectivity index (χ4n) is 7.32. The third-order valence-corrected chi connectivity index (χ3v) is 13.5. The van der Waals surface area contributed by atoms with Crippen LogP contribution < -0.4 is 47.9 Å². The number of nitrogens with one attached hydrogen (secondary N) is 17. The quantitative estimate of drug-likeness (QED) is 0.0240. The molecule has 97 heavy (non-hydrogen) atoms. The molecule has 9 amide bonds. The third kappa shape index (κ3) is 21.4. The monoisotopic (exact) mass is 1360 g/mol. The maximum Gasteiger partial charge on any atom is 0.336 e. The van der Waals surface area contributed by atoms with Crippen molar-refractivity contribution in [2.75, 3.05) is 58.5 Å². The van der Waals surface area contributed by atoms with Gasteiger partial charge in [-0.2, -0.15) is 77.2 Å². The largest absolute Gasteiger partial charge is 0.478 e. The lowest BCUT2D eigenvalue weighted by Crippen LogP contribution is -2.36. The molecule has 0 saturated heterocycles. The highest BCUT2D eigenvalue weighted by molar-refractivity contribution is 7.91. The minimum absolute atomic E-state index is 0.000345. The lowest BCUT2D eigenvalue weighted by Gasteiger charge is -2.12. The van der Waals surface area contributed by atoms with E-state index < -0.39 is 57.3 Å². The maximum absolute atomic E-state index is 12.5. The van der Waals surface area contributed by atoms with E-state index in [1.54, 1.807) is 18.2 Å². The van der Waals surface area contributed by atoms with E-state index in [4.69, 9.17) is 0 Å². The Morgan fingerprint density at radius 3 is 1.63 bits per heavy atom. The van der Waals surface area contributed by atoms with Gasteiger partial charge in [0.05, 0.1) is 40.3 Å². The minimum Gasteiger partial charge on any atom is -0.478 e. The van der Waals surface area contributed by atoms with Gasteiger partial charge in [0, 0.05) is 49.3 Å². The highest BCUT2D eigenvalue weighted by atomic mass is 32.2. The molecule has 1 atom stereocenters. The van der Waals surface area contributed by atoms with Gasteiger partial charge in [0.25, 0.3) is 59.2 Å². The maximum atomic E-state index is 12.5. The number of nitrogens with zero attached hydrogens (tertiary/aromatic N) is 20. The molecule has 3 aromatic carbocycles. The summed E-state index contributed by atoms with van der Waals surface area (Å²) < 4.78 is 25.1. The smallest absolute Gasteiger partial charge is 0.336 e. The van der Waals surface area contributed by atoms with Crippen molar-refractivity contribution >= 4 is 104 Å². The lowest BCUT2D eigenvalue weighted by atomic mass is 10.0. The Balaban J connectivity index is 0.000000167. The van der Waals surface area contributed by atoms with Crippen LogP contribution in [0.25, 0.3) is 11.0 Å². The molecule has 502 valence electrons. The molecule has 8 heterocycles.